The van der Waals surface area contributed by atoms with E-state index in [4.69, 9.17) is 23.7 Å². The zero-order chi connectivity index (χ0) is 32.7. The summed E-state index contributed by atoms with van der Waals surface area (Å²) < 4.78 is 31.8. The standard InChI is InChI=1S/C37H54O8/c1-21(2)14-24(5)32-26(7)31(38)19-36(45-32)18-29-17-28(44-36)13-12-23(4)15-22(3)10-9-11-27-20-42-34-33(41-8)25(6)16-30(35(39)43-29)37(27,34)40/h9-12,14,16,21-22,26,28-34,38,40H,13,15,17-20H2,1-8H3/b10-9+,23-12+,24-14+,27-11+. The molecule has 0 aromatic rings. The lowest BCUT2D eigenvalue weighted by atomic mass is 9.70. The number of esters is 1. The summed E-state index contributed by atoms with van der Waals surface area (Å²) in [6.45, 7) is 14.7. The van der Waals surface area contributed by atoms with Crippen molar-refractivity contribution in [3.63, 3.8) is 0 Å². The third-order valence-corrected chi connectivity index (χ3v) is 10.3. The van der Waals surface area contributed by atoms with E-state index in [0.717, 1.165) is 17.6 Å². The van der Waals surface area contributed by atoms with E-state index in [0.29, 0.717) is 37.2 Å². The fourth-order valence-corrected chi connectivity index (χ4v) is 8.14. The molecule has 5 rings (SSSR count). The molecule has 4 heterocycles. The molecule has 250 valence electrons. The molecule has 0 aromatic heterocycles. The summed E-state index contributed by atoms with van der Waals surface area (Å²) >= 11 is 0. The highest BCUT2D eigenvalue weighted by Gasteiger charge is 2.60. The van der Waals surface area contributed by atoms with E-state index in [2.05, 4.69) is 45.9 Å². The number of hydrogen-bond donors (Lipinski definition) is 2. The maximum absolute atomic E-state index is 14.2. The van der Waals surface area contributed by atoms with Crippen LogP contribution in [0.3, 0.4) is 0 Å². The van der Waals surface area contributed by atoms with Gasteiger partial charge in [0, 0.05) is 32.3 Å². The van der Waals surface area contributed by atoms with Crippen LogP contribution in [0.1, 0.15) is 80.6 Å². The minimum absolute atomic E-state index is 0.110. The van der Waals surface area contributed by atoms with Gasteiger partial charge >= 0.3 is 5.97 Å². The molecule has 11 unspecified atom stereocenters. The Bertz CT molecular complexity index is 1260. The lowest BCUT2D eigenvalue weighted by Gasteiger charge is -2.51. The van der Waals surface area contributed by atoms with Crippen molar-refractivity contribution in [2.45, 2.75) is 129 Å². The summed E-state index contributed by atoms with van der Waals surface area (Å²) in [5, 5.41) is 23.7. The van der Waals surface area contributed by atoms with Crippen molar-refractivity contribution < 1.29 is 38.7 Å². The van der Waals surface area contributed by atoms with Gasteiger partial charge < -0.3 is 33.9 Å². The molecule has 8 nitrogen and oxygen atoms in total. The highest BCUT2D eigenvalue weighted by atomic mass is 16.7. The number of rotatable bonds is 3. The Balaban J connectivity index is 1.53. The molecule has 2 N–H and O–H groups in total. The van der Waals surface area contributed by atoms with Crippen LogP contribution < -0.4 is 0 Å². The minimum Gasteiger partial charge on any atom is -0.462 e. The van der Waals surface area contributed by atoms with Crippen molar-refractivity contribution in [1.82, 2.24) is 0 Å². The van der Waals surface area contributed by atoms with E-state index < -0.39 is 47.7 Å². The fraction of sp³-hybridized carbons (Fsp3) is 0.703. The van der Waals surface area contributed by atoms with Gasteiger partial charge in [0.05, 0.1) is 24.9 Å². The molecule has 0 aromatic carbocycles. The molecule has 3 fully saturated rings. The summed E-state index contributed by atoms with van der Waals surface area (Å²) in [7, 11) is 1.59. The second-order valence-electron chi connectivity index (χ2n) is 14.6. The third-order valence-electron chi connectivity index (χ3n) is 10.3. The molecule has 1 aliphatic carbocycles. The highest BCUT2D eigenvalue weighted by molar-refractivity contribution is 5.78. The number of aliphatic hydroxyl groups excluding tert-OH is 1. The van der Waals surface area contributed by atoms with Gasteiger partial charge in [-0.2, -0.15) is 0 Å². The predicted molar refractivity (Wildman–Crippen MR) is 172 cm³/mol. The van der Waals surface area contributed by atoms with Gasteiger partial charge in [0.15, 0.2) is 5.79 Å². The van der Waals surface area contributed by atoms with E-state index in [1.54, 1.807) is 13.2 Å². The maximum atomic E-state index is 14.2. The molecule has 0 radical (unpaired) electrons. The van der Waals surface area contributed by atoms with E-state index in [1.807, 2.05) is 32.9 Å². The Morgan fingerprint density at radius 1 is 1.16 bits per heavy atom. The van der Waals surface area contributed by atoms with Crippen LogP contribution in [0.5, 0.6) is 0 Å². The molecule has 0 saturated carbocycles. The van der Waals surface area contributed by atoms with Crippen molar-refractivity contribution in [2.75, 3.05) is 13.7 Å². The zero-order valence-corrected chi connectivity index (χ0v) is 28.3. The Morgan fingerprint density at radius 2 is 1.91 bits per heavy atom. The molecular weight excluding hydrogens is 572 g/mol. The molecule has 8 heteroatoms. The first-order chi connectivity index (χ1) is 21.3. The largest absolute Gasteiger partial charge is 0.462 e. The Kier molecular flexibility index (Phi) is 10.3. The second kappa shape index (κ2) is 13.6. The van der Waals surface area contributed by atoms with Crippen molar-refractivity contribution in [3.8, 4) is 0 Å². The number of hydrogen-bond acceptors (Lipinski definition) is 8. The van der Waals surface area contributed by atoms with Gasteiger partial charge in [-0.3, -0.25) is 4.79 Å². The van der Waals surface area contributed by atoms with Crippen molar-refractivity contribution in [1.29, 1.82) is 0 Å². The first-order valence-electron chi connectivity index (χ1n) is 16.8. The van der Waals surface area contributed by atoms with Gasteiger partial charge in [0.1, 0.15) is 29.8 Å². The number of aliphatic hydroxyl groups is 2. The molecule has 3 saturated heterocycles. The van der Waals surface area contributed by atoms with Crippen LogP contribution in [0, 0.1) is 23.7 Å². The van der Waals surface area contributed by atoms with E-state index in [1.165, 1.54) is 5.57 Å². The van der Waals surface area contributed by atoms with Crippen LogP contribution in [0.4, 0.5) is 0 Å². The van der Waals surface area contributed by atoms with Gasteiger partial charge in [0.2, 0.25) is 0 Å². The van der Waals surface area contributed by atoms with Crippen LogP contribution in [0.15, 0.2) is 58.7 Å². The van der Waals surface area contributed by atoms with Gasteiger partial charge in [0.25, 0.3) is 0 Å². The Morgan fingerprint density at radius 3 is 2.62 bits per heavy atom. The summed E-state index contributed by atoms with van der Waals surface area (Å²) in [6, 6.07) is 0. The van der Waals surface area contributed by atoms with Gasteiger partial charge in [-0.05, 0) is 62.2 Å². The molecule has 2 bridgehead atoms. The fourth-order valence-electron chi connectivity index (χ4n) is 8.14. The smallest absolute Gasteiger partial charge is 0.316 e. The van der Waals surface area contributed by atoms with E-state index in [-0.39, 0.29) is 30.7 Å². The van der Waals surface area contributed by atoms with E-state index in [9.17, 15) is 15.0 Å². The average Bonchev–Trinajstić information content (AvgIpc) is 3.29. The second-order valence-corrected chi connectivity index (χ2v) is 14.6. The third kappa shape index (κ3) is 6.97. The summed E-state index contributed by atoms with van der Waals surface area (Å²) in [5.41, 5.74) is 2.14. The zero-order valence-electron chi connectivity index (χ0n) is 28.3. The van der Waals surface area contributed by atoms with Crippen LogP contribution in [-0.2, 0) is 28.5 Å². The summed E-state index contributed by atoms with van der Waals surface area (Å²) in [5.74, 6) is -2.11. The minimum atomic E-state index is -1.61. The topological polar surface area (TPSA) is 104 Å². The molecular formula is C37H54O8. The van der Waals surface area contributed by atoms with Crippen LogP contribution >= 0.6 is 0 Å². The lowest BCUT2D eigenvalue weighted by Crippen LogP contribution is -2.59. The number of methoxy groups -OCH3 is 1. The monoisotopic (exact) mass is 626 g/mol. The predicted octanol–water partition coefficient (Wildman–Crippen LogP) is 5.74. The number of ether oxygens (including phenoxy) is 5. The van der Waals surface area contributed by atoms with Gasteiger partial charge in [-0.25, -0.2) is 0 Å². The Hall–Kier alpha value is -2.07. The summed E-state index contributed by atoms with van der Waals surface area (Å²) in [6.07, 6.45) is 11.7. The van der Waals surface area contributed by atoms with Crippen LogP contribution in [0.2, 0.25) is 0 Å². The molecule has 5 aliphatic rings. The number of allylic oxidation sites excluding steroid dienone is 5. The molecule has 0 amide bonds. The van der Waals surface area contributed by atoms with Gasteiger partial charge in [-0.15, -0.1) is 0 Å². The molecule has 11 atom stereocenters. The molecule has 45 heavy (non-hydrogen) atoms. The van der Waals surface area contributed by atoms with Crippen LogP contribution in [-0.4, -0.2) is 77.9 Å². The van der Waals surface area contributed by atoms with Crippen molar-refractivity contribution in [3.05, 3.63) is 58.7 Å². The maximum Gasteiger partial charge on any atom is 0.316 e. The number of carbonyl (C=O) groups is 1. The van der Waals surface area contributed by atoms with Crippen molar-refractivity contribution >= 4 is 5.97 Å². The SMILES string of the molecule is COC1C(C)=CC2C(=O)OC3CC(C/C=C(\C)CC(C)/C=C/C=C4\COC1C42O)OC1(C3)CC(O)C(C)C(/C(C)=C/C(C)C)O1. The summed E-state index contributed by atoms with van der Waals surface area (Å²) in [4.78, 5) is 14.2. The highest BCUT2D eigenvalue weighted by Crippen LogP contribution is 2.48. The van der Waals surface area contributed by atoms with E-state index >= 15 is 0 Å². The van der Waals surface area contributed by atoms with Crippen LogP contribution in [0.25, 0.3) is 0 Å². The lowest BCUT2D eigenvalue weighted by molar-refractivity contribution is -0.342. The normalized spacial score (nSPS) is 46.0. The average molecular weight is 627 g/mol. The first kappa shape index (κ1) is 34.3. The quantitative estimate of drug-likeness (QED) is 0.302. The number of carbonyl (C=O) groups excluding carboxylic acids is 1. The molecule has 4 aliphatic heterocycles. The van der Waals surface area contributed by atoms with Gasteiger partial charge in [-0.1, -0.05) is 69.7 Å². The van der Waals surface area contributed by atoms with Crippen molar-refractivity contribution in [2.24, 2.45) is 23.7 Å². The molecule has 1 spiro atoms. The first-order valence-corrected chi connectivity index (χ1v) is 16.8. The Labute approximate surface area is 269 Å². The number of fused-ring (bicyclic) bond motifs is 2.